The van der Waals surface area contributed by atoms with E-state index in [4.69, 9.17) is 9.47 Å². The third-order valence-electron chi connectivity index (χ3n) is 4.06. The highest BCUT2D eigenvalue weighted by atomic mass is 16.5. The van der Waals surface area contributed by atoms with Crippen LogP contribution in [-0.4, -0.2) is 50.0 Å². The average Bonchev–Trinajstić information content (AvgIpc) is 2.94. The van der Waals surface area contributed by atoms with Gasteiger partial charge in [0.05, 0.1) is 20.3 Å². The fourth-order valence-electron chi connectivity index (χ4n) is 2.76. The van der Waals surface area contributed by atoms with Gasteiger partial charge in [-0.3, -0.25) is 0 Å². The fraction of sp³-hybridized carbons (Fsp3) is 0.625. The molecule has 1 aromatic carbocycles. The summed E-state index contributed by atoms with van der Waals surface area (Å²) in [7, 11) is 3.36. The molecule has 4 nitrogen and oxygen atoms in total. The van der Waals surface area contributed by atoms with Crippen molar-refractivity contribution in [1.82, 2.24) is 4.90 Å². The van der Waals surface area contributed by atoms with E-state index >= 15 is 0 Å². The van der Waals surface area contributed by atoms with E-state index in [-0.39, 0.29) is 6.10 Å². The predicted octanol–water partition coefficient (Wildman–Crippen LogP) is 2.26. The van der Waals surface area contributed by atoms with Crippen LogP contribution in [-0.2, 0) is 0 Å². The molecule has 2 atom stereocenters. The zero-order chi connectivity index (χ0) is 14.5. The van der Waals surface area contributed by atoms with Gasteiger partial charge in [-0.1, -0.05) is 6.92 Å². The molecule has 2 rings (SSSR count). The van der Waals surface area contributed by atoms with Crippen molar-refractivity contribution in [2.24, 2.45) is 0 Å². The van der Waals surface area contributed by atoms with Crippen LogP contribution in [0.3, 0.4) is 0 Å². The molecule has 1 heterocycles. The van der Waals surface area contributed by atoms with Crippen LogP contribution in [0.5, 0.6) is 11.5 Å². The summed E-state index contributed by atoms with van der Waals surface area (Å²) >= 11 is 0. The second-order valence-electron chi connectivity index (χ2n) is 5.45. The first-order chi connectivity index (χ1) is 9.66. The van der Waals surface area contributed by atoms with Crippen molar-refractivity contribution in [3.05, 3.63) is 23.8 Å². The average molecular weight is 279 g/mol. The second-order valence-corrected chi connectivity index (χ2v) is 5.45. The highest BCUT2D eigenvalue weighted by molar-refractivity contribution is 5.40. The fourth-order valence-corrected chi connectivity index (χ4v) is 2.76. The van der Waals surface area contributed by atoms with Crippen LogP contribution in [0.25, 0.3) is 0 Å². The number of likely N-dealkylation sites (tertiary alicyclic amines) is 1. The second kappa shape index (κ2) is 6.95. The molecule has 1 fully saturated rings. The first-order valence-electron chi connectivity index (χ1n) is 7.29. The van der Waals surface area contributed by atoms with Crippen molar-refractivity contribution < 1.29 is 14.6 Å². The van der Waals surface area contributed by atoms with E-state index in [0.717, 1.165) is 44.0 Å². The van der Waals surface area contributed by atoms with Crippen LogP contribution < -0.4 is 9.47 Å². The molecular formula is C16H25NO3. The van der Waals surface area contributed by atoms with Crippen LogP contribution in [0.15, 0.2) is 18.2 Å². The summed E-state index contributed by atoms with van der Waals surface area (Å²) < 4.78 is 10.7. The molecule has 0 saturated carbocycles. The summed E-state index contributed by atoms with van der Waals surface area (Å²) in [4.78, 5) is 2.34. The van der Waals surface area contributed by atoms with Crippen molar-refractivity contribution in [2.45, 2.75) is 31.8 Å². The summed E-state index contributed by atoms with van der Waals surface area (Å²) in [5.41, 5.74) is 1.26. The van der Waals surface area contributed by atoms with Crippen LogP contribution in [0.2, 0.25) is 0 Å². The van der Waals surface area contributed by atoms with Gasteiger partial charge in [0.25, 0.3) is 0 Å². The quantitative estimate of drug-likeness (QED) is 0.867. The summed E-state index contributed by atoms with van der Waals surface area (Å²) in [6.45, 7) is 4.83. The molecule has 0 unspecified atom stereocenters. The number of ether oxygens (including phenoxy) is 2. The van der Waals surface area contributed by atoms with E-state index in [2.05, 4.69) is 17.0 Å². The minimum atomic E-state index is -0.214. The van der Waals surface area contributed by atoms with Crippen LogP contribution >= 0.6 is 0 Å². The number of hydrogen-bond acceptors (Lipinski definition) is 4. The minimum Gasteiger partial charge on any atom is -0.497 e. The summed E-state index contributed by atoms with van der Waals surface area (Å²) in [5, 5.41) is 9.76. The predicted molar refractivity (Wildman–Crippen MR) is 79.6 cm³/mol. The topological polar surface area (TPSA) is 41.9 Å². The summed E-state index contributed by atoms with van der Waals surface area (Å²) in [5.74, 6) is 2.17. The Kier molecular flexibility index (Phi) is 5.26. The molecule has 20 heavy (non-hydrogen) atoms. The molecule has 1 saturated heterocycles. The lowest BCUT2D eigenvalue weighted by atomic mass is 9.98. The van der Waals surface area contributed by atoms with Gasteiger partial charge in [0, 0.05) is 19.2 Å². The third kappa shape index (κ3) is 3.64. The van der Waals surface area contributed by atoms with Crippen molar-refractivity contribution in [1.29, 1.82) is 0 Å². The Labute approximate surface area is 121 Å². The molecule has 0 amide bonds. The maximum Gasteiger partial charge on any atom is 0.122 e. The number of methoxy groups -OCH3 is 2. The molecular weight excluding hydrogens is 254 g/mol. The summed E-state index contributed by atoms with van der Waals surface area (Å²) in [6, 6.07) is 6.08. The van der Waals surface area contributed by atoms with Crippen molar-refractivity contribution in [2.75, 3.05) is 33.9 Å². The van der Waals surface area contributed by atoms with Gasteiger partial charge in [0.2, 0.25) is 0 Å². The van der Waals surface area contributed by atoms with E-state index < -0.39 is 0 Å². The zero-order valence-electron chi connectivity index (χ0n) is 12.6. The van der Waals surface area contributed by atoms with Crippen molar-refractivity contribution in [3.63, 3.8) is 0 Å². The van der Waals surface area contributed by atoms with Gasteiger partial charge in [-0.2, -0.15) is 0 Å². The Morgan fingerprint density at radius 1 is 1.25 bits per heavy atom. The van der Waals surface area contributed by atoms with E-state index in [1.165, 1.54) is 5.56 Å². The Morgan fingerprint density at radius 3 is 2.45 bits per heavy atom. The maximum atomic E-state index is 9.76. The number of nitrogens with zero attached hydrogens (tertiary/aromatic N) is 1. The molecule has 4 heteroatoms. The Bertz CT molecular complexity index is 413. The number of hydrogen-bond donors (Lipinski definition) is 1. The van der Waals surface area contributed by atoms with Crippen LogP contribution in [0, 0.1) is 0 Å². The highest BCUT2D eigenvalue weighted by Crippen LogP contribution is 2.32. The van der Waals surface area contributed by atoms with Gasteiger partial charge in [-0.15, -0.1) is 0 Å². The molecule has 0 radical (unpaired) electrons. The SMILES string of the molecule is CC[C@@H](O)CN1CC[C@@H](c2cc(OC)cc(OC)c2)C1. The largest absolute Gasteiger partial charge is 0.497 e. The molecule has 1 N–H and O–H groups in total. The molecule has 1 aliphatic heterocycles. The number of rotatable bonds is 6. The minimum absolute atomic E-state index is 0.214. The zero-order valence-corrected chi connectivity index (χ0v) is 12.6. The lowest BCUT2D eigenvalue weighted by Crippen LogP contribution is -2.30. The molecule has 0 bridgehead atoms. The molecule has 0 aromatic heterocycles. The van der Waals surface area contributed by atoms with E-state index in [9.17, 15) is 5.11 Å². The monoisotopic (exact) mass is 279 g/mol. The van der Waals surface area contributed by atoms with Gasteiger partial charge in [0.1, 0.15) is 11.5 Å². The lowest BCUT2D eigenvalue weighted by Gasteiger charge is -2.19. The lowest BCUT2D eigenvalue weighted by molar-refractivity contribution is 0.121. The van der Waals surface area contributed by atoms with Gasteiger partial charge in [0.15, 0.2) is 0 Å². The number of β-amino-alcohol motifs (C(OH)–C–C–N with tert-alkyl or cyclic N) is 1. The van der Waals surface area contributed by atoms with E-state index in [1.54, 1.807) is 14.2 Å². The number of aliphatic hydroxyl groups is 1. The first kappa shape index (κ1) is 15.1. The van der Waals surface area contributed by atoms with Gasteiger partial charge < -0.3 is 19.5 Å². The highest BCUT2D eigenvalue weighted by Gasteiger charge is 2.25. The van der Waals surface area contributed by atoms with E-state index in [0.29, 0.717) is 5.92 Å². The van der Waals surface area contributed by atoms with Gasteiger partial charge >= 0.3 is 0 Å². The Morgan fingerprint density at radius 2 is 1.90 bits per heavy atom. The first-order valence-corrected chi connectivity index (χ1v) is 7.29. The Hall–Kier alpha value is -1.26. The van der Waals surface area contributed by atoms with Gasteiger partial charge in [-0.05, 0) is 43.0 Å². The molecule has 0 aliphatic carbocycles. The molecule has 0 spiro atoms. The van der Waals surface area contributed by atoms with Crippen LogP contribution in [0.1, 0.15) is 31.2 Å². The molecule has 1 aliphatic rings. The van der Waals surface area contributed by atoms with Crippen LogP contribution in [0.4, 0.5) is 0 Å². The maximum absolute atomic E-state index is 9.76. The Balaban J connectivity index is 2.05. The van der Waals surface area contributed by atoms with Gasteiger partial charge in [-0.25, -0.2) is 0 Å². The van der Waals surface area contributed by atoms with Crippen molar-refractivity contribution >= 4 is 0 Å². The van der Waals surface area contributed by atoms with E-state index in [1.807, 2.05) is 13.0 Å². The number of benzene rings is 1. The normalized spacial score (nSPS) is 20.9. The number of aliphatic hydroxyl groups excluding tert-OH is 1. The third-order valence-corrected chi connectivity index (χ3v) is 4.06. The van der Waals surface area contributed by atoms with Crippen molar-refractivity contribution in [3.8, 4) is 11.5 Å². The molecule has 1 aromatic rings. The smallest absolute Gasteiger partial charge is 0.122 e. The standard InChI is InChI=1S/C16H25NO3/c1-4-14(18)11-17-6-5-12(10-17)13-7-15(19-2)9-16(8-13)20-3/h7-9,12,14,18H,4-6,10-11H2,1-3H3/t12-,14-/m1/s1. The molecule has 112 valence electrons. The summed E-state index contributed by atoms with van der Waals surface area (Å²) in [6.07, 6.45) is 1.72.